The zero-order chi connectivity index (χ0) is 10.9. The van der Waals surface area contributed by atoms with E-state index in [4.69, 9.17) is 15.4 Å². The van der Waals surface area contributed by atoms with Crippen LogP contribution in [-0.4, -0.2) is 34.0 Å². The molecule has 0 fully saturated rings. The summed E-state index contributed by atoms with van der Waals surface area (Å²) in [6.07, 6.45) is 0.791. The van der Waals surface area contributed by atoms with E-state index in [1.54, 1.807) is 0 Å². The Labute approximate surface area is 78.2 Å². The Morgan fingerprint density at radius 1 is 1.50 bits per heavy atom. The van der Waals surface area contributed by atoms with E-state index in [1.165, 1.54) is 0 Å². The maximum Gasteiger partial charge on any atom is 0.356 e. The summed E-state index contributed by atoms with van der Waals surface area (Å²) in [5.74, 6) is -1.50. The van der Waals surface area contributed by atoms with Gasteiger partial charge in [0.25, 0.3) is 5.16 Å². The zero-order valence-electron chi connectivity index (χ0n) is 6.58. The first-order valence-electron chi connectivity index (χ1n) is 3.15. The van der Waals surface area contributed by atoms with Gasteiger partial charge in [-0.25, -0.2) is 14.8 Å². The number of hydrogen-bond donors (Lipinski definition) is 3. The van der Waals surface area contributed by atoms with E-state index >= 15 is 0 Å². The van der Waals surface area contributed by atoms with Crippen molar-refractivity contribution in [3.8, 4) is 0 Å². The van der Waals surface area contributed by atoms with Crippen LogP contribution in [-0.2, 0) is 10.1 Å². The molecule has 1 aromatic heterocycles. The molecule has 1 heterocycles. The highest BCUT2D eigenvalue weighted by atomic mass is 32.2. The number of anilines is 1. The van der Waals surface area contributed by atoms with Gasteiger partial charge in [0.15, 0.2) is 5.69 Å². The molecule has 0 saturated carbocycles. The van der Waals surface area contributed by atoms with E-state index in [0.717, 1.165) is 6.20 Å². The smallest absolute Gasteiger partial charge is 0.356 e. The van der Waals surface area contributed by atoms with Crippen LogP contribution in [0, 0.1) is 0 Å². The van der Waals surface area contributed by atoms with Crippen molar-refractivity contribution in [1.82, 2.24) is 9.97 Å². The number of hydrogen-bond acceptors (Lipinski definition) is 6. The number of rotatable bonds is 2. The molecule has 0 aliphatic heterocycles. The monoisotopic (exact) mass is 219 g/mol. The summed E-state index contributed by atoms with van der Waals surface area (Å²) in [5.41, 5.74) is 4.19. The van der Waals surface area contributed by atoms with Gasteiger partial charge in [0, 0.05) is 0 Å². The van der Waals surface area contributed by atoms with Crippen LogP contribution in [0.4, 0.5) is 5.69 Å². The third kappa shape index (κ3) is 1.95. The van der Waals surface area contributed by atoms with Gasteiger partial charge in [-0.3, -0.25) is 4.55 Å². The quantitative estimate of drug-likeness (QED) is 0.424. The highest BCUT2D eigenvalue weighted by molar-refractivity contribution is 7.85. The predicted octanol–water partition coefficient (Wildman–Crippen LogP) is -0.996. The molecule has 0 aliphatic carbocycles. The molecule has 9 heteroatoms. The maximum absolute atomic E-state index is 10.5. The Morgan fingerprint density at radius 2 is 2.07 bits per heavy atom. The lowest BCUT2D eigenvalue weighted by molar-refractivity contribution is 0.0690. The second-order valence-corrected chi connectivity index (χ2v) is 3.55. The van der Waals surface area contributed by atoms with Crippen LogP contribution in [0.1, 0.15) is 10.5 Å². The Bertz CT molecular complexity index is 482. The second-order valence-electron chi connectivity index (χ2n) is 2.24. The summed E-state index contributed by atoms with van der Waals surface area (Å²) in [5, 5.41) is 7.51. The highest BCUT2D eigenvalue weighted by Crippen LogP contribution is 2.09. The third-order valence-corrected chi connectivity index (χ3v) is 1.89. The van der Waals surface area contributed by atoms with Gasteiger partial charge in [0.2, 0.25) is 0 Å². The van der Waals surface area contributed by atoms with Gasteiger partial charge in [0.1, 0.15) is 0 Å². The van der Waals surface area contributed by atoms with E-state index < -0.39 is 26.9 Å². The average molecular weight is 219 g/mol. The van der Waals surface area contributed by atoms with Crippen molar-refractivity contribution in [2.75, 3.05) is 5.73 Å². The lowest BCUT2D eigenvalue weighted by Gasteiger charge is -2.00. The zero-order valence-corrected chi connectivity index (χ0v) is 7.39. The van der Waals surface area contributed by atoms with Crippen LogP contribution in [0.5, 0.6) is 0 Å². The van der Waals surface area contributed by atoms with Gasteiger partial charge < -0.3 is 10.8 Å². The molecular formula is C5H5N3O5S. The van der Waals surface area contributed by atoms with Crippen LogP contribution in [0.3, 0.4) is 0 Å². The molecule has 0 aromatic carbocycles. The van der Waals surface area contributed by atoms with Crippen molar-refractivity contribution < 1.29 is 22.9 Å². The Hall–Kier alpha value is -1.74. The van der Waals surface area contributed by atoms with E-state index in [2.05, 4.69) is 9.97 Å². The highest BCUT2D eigenvalue weighted by Gasteiger charge is 2.18. The van der Waals surface area contributed by atoms with E-state index in [-0.39, 0.29) is 5.69 Å². The van der Waals surface area contributed by atoms with Crippen molar-refractivity contribution in [2.45, 2.75) is 5.16 Å². The van der Waals surface area contributed by atoms with Crippen molar-refractivity contribution >= 4 is 21.8 Å². The first-order valence-corrected chi connectivity index (χ1v) is 4.59. The van der Waals surface area contributed by atoms with Gasteiger partial charge in [-0.05, 0) is 0 Å². The van der Waals surface area contributed by atoms with Gasteiger partial charge in [-0.1, -0.05) is 0 Å². The summed E-state index contributed by atoms with van der Waals surface area (Å²) in [6.45, 7) is 0. The molecule has 0 spiro atoms. The first kappa shape index (κ1) is 10.3. The Morgan fingerprint density at radius 3 is 2.50 bits per heavy atom. The molecular weight excluding hydrogens is 214 g/mol. The fourth-order valence-electron chi connectivity index (χ4n) is 0.671. The van der Waals surface area contributed by atoms with Gasteiger partial charge in [-0.2, -0.15) is 8.42 Å². The number of carbonyl (C=O) groups is 1. The van der Waals surface area contributed by atoms with Crippen molar-refractivity contribution in [1.29, 1.82) is 0 Å². The molecule has 0 aliphatic rings. The number of aromatic nitrogens is 2. The Kier molecular flexibility index (Phi) is 2.36. The molecule has 0 saturated heterocycles. The maximum atomic E-state index is 10.5. The van der Waals surface area contributed by atoms with Crippen molar-refractivity contribution in [3.63, 3.8) is 0 Å². The molecule has 0 bridgehead atoms. The molecule has 8 nitrogen and oxygen atoms in total. The minimum absolute atomic E-state index is 0.287. The normalized spacial score (nSPS) is 11.2. The fourth-order valence-corrected chi connectivity index (χ4v) is 1.06. The summed E-state index contributed by atoms with van der Waals surface area (Å²) < 4.78 is 29.5. The number of nitrogens with two attached hydrogens (primary N) is 1. The molecule has 0 amide bonds. The van der Waals surface area contributed by atoms with Crippen LogP contribution in [0.25, 0.3) is 0 Å². The summed E-state index contributed by atoms with van der Waals surface area (Å²) in [6, 6.07) is 0. The summed E-state index contributed by atoms with van der Waals surface area (Å²) in [4.78, 5) is 16.7. The lowest BCUT2D eigenvalue weighted by atomic mass is 10.3. The average Bonchev–Trinajstić information content (AvgIpc) is 2.02. The SMILES string of the molecule is Nc1cnc(S(=O)(=O)O)nc1C(=O)O. The first-order chi connectivity index (χ1) is 6.32. The number of aromatic carboxylic acids is 1. The molecule has 0 unspecified atom stereocenters. The van der Waals surface area contributed by atoms with Crippen LogP contribution >= 0.6 is 0 Å². The lowest BCUT2D eigenvalue weighted by Crippen LogP contribution is -2.12. The van der Waals surface area contributed by atoms with E-state index in [1.807, 2.05) is 0 Å². The van der Waals surface area contributed by atoms with E-state index in [0.29, 0.717) is 0 Å². The van der Waals surface area contributed by atoms with Crippen molar-refractivity contribution in [2.24, 2.45) is 0 Å². The number of carboxylic acid groups (broad SMARTS) is 1. The Balaban J connectivity index is 3.42. The molecule has 1 rings (SSSR count). The van der Waals surface area contributed by atoms with E-state index in [9.17, 15) is 13.2 Å². The number of carboxylic acids is 1. The van der Waals surface area contributed by atoms with Crippen LogP contribution < -0.4 is 5.73 Å². The summed E-state index contributed by atoms with van der Waals surface area (Å²) >= 11 is 0. The van der Waals surface area contributed by atoms with Gasteiger partial charge >= 0.3 is 16.1 Å². The predicted molar refractivity (Wildman–Crippen MR) is 43.2 cm³/mol. The molecule has 76 valence electrons. The van der Waals surface area contributed by atoms with Crippen molar-refractivity contribution in [3.05, 3.63) is 11.9 Å². The van der Waals surface area contributed by atoms with Crippen LogP contribution in [0.15, 0.2) is 11.4 Å². The largest absolute Gasteiger partial charge is 0.476 e. The molecule has 0 radical (unpaired) electrons. The van der Waals surface area contributed by atoms with Crippen LogP contribution in [0.2, 0.25) is 0 Å². The fraction of sp³-hybridized carbons (Fsp3) is 0. The molecule has 0 atom stereocenters. The standard InChI is InChI=1S/C5H5N3O5S/c6-2-1-7-5(14(11,12)13)8-3(2)4(9)10/h1H,6H2,(H,9,10)(H,11,12,13). The third-order valence-electron chi connectivity index (χ3n) is 1.23. The molecule has 4 N–H and O–H groups in total. The summed E-state index contributed by atoms with van der Waals surface area (Å²) in [7, 11) is -4.62. The number of nitrogen functional groups attached to an aromatic ring is 1. The topological polar surface area (TPSA) is 143 Å². The number of nitrogens with zero attached hydrogens (tertiary/aromatic N) is 2. The van der Waals surface area contributed by atoms with Gasteiger partial charge in [0.05, 0.1) is 11.9 Å². The molecule has 14 heavy (non-hydrogen) atoms. The minimum atomic E-state index is -4.62. The second kappa shape index (κ2) is 3.20. The van der Waals surface area contributed by atoms with Gasteiger partial charge in [-0.15, -0.1) is 0 Å². The molecule has 1 aromatic rings. The minimum Gasteiger partial charge on any atom is -0.476 e.